The molecule has 0 bridgehead atoms. The zero-order chi connectivity index (χ0) is 21.4. The van der Waals surface area contributed by atoms with Gasteiger partial charge in [-0.15, -0.1) is 0 Å². The van der Waals surface area contributed by atoms with Crippen LogP contribution in [0.15, 0.2) is 83.3 Å². The van der Waals surface area contributed by atoms with Gasteiger partial charge in [0, 0.05) is 15.4 Å². The summed E-state index contributed by atoms with van der Waals surface area (Å²) in [7, 11) is 3.39. The van der Waals surface area contributed by atoms with E-state index in [0.29, 0.717) is 0 Å². The first-order chi connectivity index (χ1) is 15.2. The van der Waals surface area contributed by atoms with Crippen molar-refractivity contribution in [1.82, 2.24) is 0 Å². The maximum absolute atomic E-state index is 5.86. The Morgan fingerprint density at radius 1 is 0.613 bits per heavy atom. The van der Waals surface area contributed by atoms with Gasteiger partial charge in [-0.1, -0.05) is 88.7 Å². The van der Waals surface area contributed by atoms with Gasteiger partial charge in [-0.3, -0.25) is 0 Å². The molecular weight excluding hydrogens is 448 g/mol. The second kappa shape index (κ2) is 8.09. The van der Waals surface area contributed by atoms with Gasteiger partial charge in [0.15, 0.2) is 11.5 Å². The molecule has 0 saturated heterocycles. The maximum Gasteiger partial charge on any atom is 0.169 e. The second-order valence-electron chi connectivity index (χ2n) is 7.43. The van der Waals surface area contributed by atoms with Gasteiger partial charge in [0.25, 0.3) is 0 Å². The van der Waals surface area contributed by atoms with Gasteiger partial charge in [-0.2, -0.15) is 0 Å². The molecular formula is C28H21BrO2. The molecule has 31 heavy (non-hydrogen) atoms. The van der Waals surface area contributed by atoms with Crippen LogP contribution in [0, 0.1) is 0 Å². The lowest BCUT2D eigenvalue weighted by atomic mass is 9.94. The summed E-state index contributed by atoms with van der Waals surface area (Å²) in [6.45, 7) is 0. The van der Waals surface area contributed by atoms with E-state index < -0.39 is 0 Å². The molecule has 2 nitrogen and oxygen atoms in total. The van der Waals surface area contributed by atoms with Crippen molar-refractivity contribution in [2.75, 3.05) is 14.2 Å². The van der Waals surface area contributed by atoms with E-state index in [9.17, 15) is 0 Å². The van der Waals surface area contributed by atoms with Crippen LogP contribution in [0.1, 0.15) is 11.1 Å². The minimum atomic E-state index is 0.734. The van der Waals surface area contributed by atoms with Crippen LogP contribution in [-0.2, 0) is 0 Å². The van der Waals surface area contributed by atoms with Crippen molar-refractivity contribution in [3.8, 4) is 11.5 Å². The summed E-state index contributed by atoms with van der Waals surface area (Å²) < 4.78 is 12.7. The highest BCUT2D eigenvalue weighted by atomic mass is 79.9. The molecule has 0 heterocycles. The largest absolute Gasteiger partial charge is 0.492 e. The van der Waals surface area contributed by atoms with E-state index in [0.717, 1.165) is 37.9 Å². The zero-order valence-corrected chi connectivity index (χ0v) is 18.9. The molecule has 0 aliphatic heterocycles. The first-order valence-corrected chi connectivity index (χ1v) is 10.9. The summed E-state index contributed by atoms with van der Waals surface area (Å²) in [4.78, 5) is 0. The van der Waals surface area contributed by atoms with Gasteiger partial charge < -0.3 is 9.47 Å². The summed E-state index contributed by atoms with van der Waals surface area (Å²) in [5, 5.41) is 7.09. The van der Waals surface area contributed by atoms with Crippen LogP contribution >= 0.6 is 15.9 Å². The molecule has 0 radical (unpaired) electrons. The van der Waals surface area contributed by atoms with E-state index in [1.807, 2.05) is 18.2 Å². The molecule has 0 aromatic heterocycles. The van der Waals surface area contributed by atoms with E-state index in [1.54, 1.807) is 14.2 Å². The number of benzene rings is 5. The minimum absolute atomic E-state index is 0.734. The van der Waals surface area contributed by atoms with E-state index in [4.69, 9.17) is 9.47 Å². The van der Waals surface area contributed by atoms with Crippen LogP contribution < -0.4 is 9.47 Å². The lowest BCUT2D eigenvalue weighted by Crippen LogP contribution is -1.95. The number of halogens is 1. The van der Waals surface area contributed by atoms with Crippen LogP contribution in [0.4, 0.5) is 0 Å². The van der Waals surface area contributed by atoms with Crippen LogP contribution in [-0.4, -0.2) is 14.2 Å². The van der Waals surface area contributed by atoms with E-state index in [-0.39, 0.29) is 0 Å². The predicted octanol–water partition coefficient (Wildman–Crippen LogP) is 8.10. The fourth-order valence-electron chi connectivity index (χ4n) is 4.27. The molecule has 5 rings (SSSR count). The van der Waals surface area contributed by atoms with E-state index >= 15 is 0 Å². The Morgan fingerprint density at radius 3 is 2.10 bits per heavy atom. The minimum Gasteiger partial charge on any atom is -0.492 e. The predicted molar refractivity (Wildman–Crippen MR) is 135 cm³/mol. The number of rotatable bonds is 4. The van der Waals surface area contributed by atoms with Crippen LogP contribution in [0.3, 0.4) is 0 Å². The number of hydrogen-bond acceptors (Lipinski definition) is 2. The monoisotopic (exact) mass is 468 g/mol. The van der Waals surface area contributed by atoms with E-state index in [1.165, 1.54) is 21.5 Å². The average molecular weight is 469 g/mol. The van der Waals surface area contributed by atoms with Gasteiger partial charge in [0.2, 0.25) is 0 Å². The summed E-state index contributed by atoms with van der Waals surface area (Å²) >= 11 is 3.63. The molecule has 0 amide bonds. The lowest BCUT2D eigenvalue weighted by Gasteiger charge is -2.16. The molecule has 0 spiro atoms. The molecule has 5 aromatic rings. The third-order valence-electron chi connectivity index (χ3n) is 5.72. The van der Waals surface area contributed by atoms with Crippen molar-refractivity contribution in [1.29, 1.82) is 0 Å². The molecule has 152 valence electrons. The third-order valence-corrected chi connectivity index (χ3v) is 6.44. The second-order valence-corrected chi connectivity index (χ2v) is 8.29. The topological polar surface area (TPSA) is 18.5 Å². The first kappa shape index (κ1) is 19.7. The van der Waals surface area contributed by atoms with Gasteiger partial charge in [0.1, 0.15) is 0 Å². The summed E-state index contributed by atoms with van der Waals surface area (Å²) in [5.41, 5.74) is 2.08. The van der Waals surface area contributed by atoms with Gasteiger partial charge in [0.05, 0.1) is 14.2 Å². The molecule has 0 N–H and O–H groups in total. The van der Waals surface area contributed by atoms with Crippen molar-refractivity contribution in [2.45, 2.75) is 0 Å². The number of methoxy groups -OCH3 is 2. The summed E-state index contributed by atoms with van der Waals surface area (Å²) in [5.74, 6) is 1.49. The molecule has 0 atom stereocenters. The smallest absolute Gasteiger partial charge is 0.169 e. The van der Waals surface area contributed by atoms with Crippen LogP contribution in [0.2, 0.25) is 0 Å². The number of ether oxygens (including phenoxy) is 2. The Kier molecular flexibility index (Phi) is 5.13. The molecule has 5 aromatic carbocycles. The Labute approximate surface area is 189 Å². The molecule has 0 unspecified atom stereocenters. The Bertz CT molecular complexity index is 1470. The first-order valence-electron chi connectivity index (χ1n) is 10.1. The highest BCUT2D eigenvalue weighted by Crippen LogP contribution is 2.43. The molecule has 0 fully saturated rings. The van der Waals surface area contributed by atoms with Crippen molar-refractivity contribution in [3.05, 3.63) is 94.5 Å². The normalized spacial score (nSPS) is 11.6. The van der Waals surface area contributed by atoms with Crippen molar-refractivity contribution in [3.63, 3.8) is 0 Å². The maximum atomic E-state index is 5.86. The summed E-state index contributed by atoms with van der Waals surface area (Å²) in [6, 6.07) is 27.5. The van der Waals surface area contributed by atoms with Crippen molar-refractivity contribution < 1.29 is 9.47 Å². The van der Waals surface area contributed by atoms with E-state index in [2.05, 4.69) is 88.7 Å². The van der Waals surface area contributed by atoms with Gasteiger partial charge >= 0.3 is 0 Å². The zero-order valence-electron chi connectivity index (χ0n) is 17.4. The van der Waals surface area contributed by atoms with Crippen LogP contribution in [0.5, 0.6) is 11.5 Å². The van der Waals surface area contributed by atoms with Crippen LogP contribution in [0.25, 0.3) is 44.5 Å². The third kappa shape index (κ3) is 3.35. The van der Waals surface area contributed by atoms with Crippen molar-refractivity contribution >= 4 is 60.4 Å². The average Bonchev–Trinajstić information content (AvgIpc) is 2.81. The molecule has 0 aliphatic rings. The lowest BCUT2D eigenvalue weighted by molar-refractivity contribution is 0.358. The SMILES string of the molecule is COc1c(/C=C\c2ccccc2Br)cc2c(ccc3ccc4ccccc4c32)c1OC. The number of fused-ring (bicyclic) bond motifs is 5. The molecule has 0 saturated carbocycles. The Hall–Kier alpha value is -3.30. The Morgan fingerprint density at radius 2 is 1.29 bits per heavy atom. The molecule has 3 heteroatoms. The fourth-order valence-corrected chi connectivity index (χ4v) is 4.69. The summed E-state index contributed by atoms with van der Waals surface area (Å²) in [6.07, 6.45) is 4.18. The van der Waals surface area contributed by atoms with Crippen molar-refractivity contribution in [2.24, 2.45) is 0 Å². The Balaban J connectivity index is 1.86. The number of hydrogen-bond donors (Lipinski definition) is 0. The fraction of sp³-hybridized carbons (Fsp3) is 0.0714. The highest BCUT2D eigenvalue weighted by Gasteiger charge is 2.16. The standard InChI is InChI=1S/C28H21BrO2/c1-30-27-21(14-12-19-8-4-6-10-25(19)29)17-24-23(28(27)31-2)16-15-20-13-11-18-7-3-5-9-22(18)26(20)24/h3-17H,1-2H3/b14-12-. The highest BCUT2D eigenvalue weighted by molar-refractivity contribution is 9.10. The quantitative estimate of drug-likeness (QED) is 0.196. The van der Waals surface area contributed by atoms with Gasteiger partial charge in [-0.05, 0) is 50.7 Å². The molecule has 0 aliphatic carbocycles. The van der Waals surface area contributed by atoms with Gasteiger partial charge in [-0.25, -0.2) is 0 Å².